The quantitative estimate of drug-likeness (QED) is 0.662. The SMILES string of the molecule is O=C1CCC(N2Cc3c(NS(=O)(=O)c4cscc4C(F)(F)F)cccc3C2=O)C(=O)N1. The van der Waals surface area contributed by atoms with E-state index in [1.54, 1.807) is 0 Å². The van der Waals surface area contributed by atoms with Crippen molar-refractivity contribution in [1.29, 1.82) is 0 Å². The maximum Gasteiger partial charge on any atom is 0.418 e. The van der Waals surface area contributed by atoms with Gasteiger partial charge in [-0.1, -0.05) is 6.07 Å². The molecule has 0 radical (unpaired) electrons. The number of thiophene rings is 1. The lowest BCUT2D eigenvalue weighted by molar-refractivity contribution is -0.139. The molecule has 0 aliphatic carbocycles. The monoisotopic (exact) mass is 473 g/mol. The fourth-order valence-electron chi connectivity index (χ4n) is 3.58. The van der Waals surface area contributed by atoms with Crippen LogP contribution < -0.4 is 10.0 Å². The highest BCUT2D eigenvalue weighted by Gasteiger charge is 2.41. The average molecular weight is 473 g/mol. The van der Waals surface area contributed by atoms with Crippen molar-refractivity contribution in [2.24, 2.45) is 0 Å². The zero-order chi connectivity index (χ0) is 22.6. The summed E-state index contributed by atoms with van der Waals surface area (Å²) in [6.07, 6.45) is -4.68. The molecule has 1 unspecified atom stereocenters. The van der Waals surface area contributed by atoms with Crippen molar-refractivity contribution >= 4 is 44.8 Å². The molecule has 2 aliphatic heterocycles. The molecular formula is C18H14F3N3O5S2. The van der Waals surface area contributed by atoms with Gasteiger partial charge in [-0.2, -0.15) is 24.5 Å². The number of carbonyl (C=O) groups excluding carboxylic acids is 3. The summed E-state index contributed by atoms with van der Waals surface area (Å²) in [5.74, 6) is -1.61. The number of halogens is 3. The molecule has 2 aromatic rings. The number of sulfonamides is 1. The van der Waals surface area contributed by atoms with E-state index in [2.05, 4.69) is 10.0 Å². The van der Waals surface area contributed by atoms with Gasteiger partial charge in [0.15, 0.2) is 0 Å². The van der Waals surface area contributed by atoms with Crippen LogP contribution in [0.25, 0.3) is 0 Å². The Labute approximate surface area is 178 Å². The lowest BCUT2D eigenvalue weighted by Gasteiger charge is -2.29. The van der Waals surface area contributed by atoms with Crippen LogP contribution >= 0.6 is 11.3 Å². The molecule has 8 nitrogen and oxygen atoms in total. The molecule has 1 aromatic carbocycles. The van der Waals surface area contributed by atoms with Crippen molar-refractivity contribution in [3.8, 4) is 0 Å². The van der Waals surface area contributed by atoms with Gasteiger partial charge < -0.3 is 4.90 Å². The highest BCUT2D eigenvalue weighted by atomic mass is 32.2. The number of imide groups is 1. The highest BCUT2D eigenvalue weighted by molar-refractivity contribution is 7.93. The smallest absolute Gasteiger partial charge is 0.322 e. The van der Waals surface area contributed by atoms with Gasteiger partial charge in [-0.3, -0.25) is 24.4 Å². The van der Waals surface area contributed by atoms with Crippen molar-refractivity contribution in [3.63, 3.8) is 0 Å². The zero-order valence-electron chi connectivity index (χ0n) is 15.5. The van der Waals surface area contributed by atoms with Crippen molar-refractivity contribution in [2.45, 2.75) is 36.5 Å². The molecule has 164 valence electrons. The van der Waals surface area contributed by atoms with Crippen LogP contribution in [0.5, 0.6) is 0 Å². The average Bonchev–Trinajstić information content (AvgIpc) is 3.29. The lowest BCUT2D eigenvalue weighted by atomic mass is 10.0. The number of hydrogen-bond donors (Lipinski definition) is 2. The molecule has 0 bridgehead atoms. The second-order valence-electron chi connectivity index (χ2n) is 6.98. The van der Waals surface area contributed by atoms with Gasteiger partial charge in [0.25, 0.3) is 15.9 Å². The Morgan fingerprint density at radius 2 is 1.90 bits per heavy atom. The van der Waals surface area contributed by atoms with Gasteiger partial charge in [0.1, 0.15) is 10.9 Å². The van der Waals surface area contributed by atoms with Crippen LogP contribution in [0.2, 0.25) is 0 Å². The third-order valence-corrected chi connectivity index (χ3v) is 7.35. The summed E-state index contributed by atoms with van der Waals surface area (Å²) >= 11 is 0.602. The van der Waals surface area contributed by atoms with E-state index < -0.39 is 50.4 Å². The Morgan fingerprint density at radius 3 is 2.58 bits per heavy atom. The van der Waals surface area contributed by atoms with E-state index in [9.17, 15) is 36.0 Å². The Bertz CT molecular complexity index is 1210. The van der Waals surface area contributed by atoms with Crippen LogP contribution in [0.1, 0.15) is 34.3 Å². The van der Waals surface area contributed by atoms with Crippen LogP contribution in [-0.4, -0.2) is 37.1 Å². The van der Waals surface area contributed by atoms with E-state index in [-0.39, 0.29) is 36.2 Å². The van der Waals surface area contributed by atoms with Gasteiger partial charge in [-0.25, -0.2) is 8.42 Å². The van der Waals surface area contributed by atoms with Gasteiger partial charge >= 0.3 is 6.18 Å². The van der Waals surface area contributed by atoms with Crippen LogP contribution in [0, 0.1) is 0 Å². The van der Waals surface area contributed by atoms with Crippen molar-refractivity contribution in [2.75, 3.05) is 4.72 Å². The third-order valence-electron chi connectivity index (χ3n) is 5.05. The standard InChI is InChI=1S/C18H14F3N3O5S2/c19-18(20,21)11-7-30-8-14(11)31(28,29)23-12-3-1-2-9-10(12)6-24(17(9)27)13-4-5-15(25)22-16(13)26/h1-3,7-8,13,23H,4-6H2,(H,22,25,26). The number of piperidine rings is 1. The highest BCUT2D eigenvalue weighted by Crippen LogP contribution is 2.38. The van der Waals surface area contributed by atoms with Crippen molar-refractivity contribution in [1.82, 2.24) is 10.2 Å². The van der Waals surface area contributed by atoms with E-state index >= 15 is 0 Å². The fourth-order valence-corrected chi connectivity index (χ4v) is 6.10. The van der Waals surface area contributed by atoms with E-state index in [0.717, 1.165) is 5.38 Å². The van der Waals surface area contributed by atoms with Gasteiger partial charge in [0, 0.05) is 34.9 Å². The molecule has 1 fully saturated rings. The minimum Gasteiger partial charge on any atom is -0.322 e. The van der Waals surface area contributed by atoms with Gasteiger partial charge in [0.05, 0.1) is 11.3 Å². The number of alkyl halides is 3. The lowest BCUT2D eigenvalue weighted by Crippen LogP contribution is -2.52. The van der Waals surface area contributed by atoms with Crippen LogP contribution in [0.4, 0.5) is 18.9 Å². The first-order valence-electron chi connectivity index (χ1n) is 8.92. The summed E-state index contributed by atoms with van der Waals surface area (Å²) in [4.78, 5) is 36.6. The number of rotatable bonds is 4. The summed E-state index contributed by atoms with van der Waals surface area (Å²) in [5.41, 5.74) is -0.963. The first-order valence-corrected chi connectivity index (χ1v) is 11.3. The minimum absolute atomic E-state index is 0.0500. The molecule has 13 heteroatoms. The van der Waals surface area contributed by atoms with Gasteiger partial charge in [-0.05, 0) is 18.6 Å². The van der Waals surface area contributed by atoms with E-state index in [1.165, 1.54) is 23.1 Å². The minimum atomic E-state index is -4.85. The largest absolute Gasteiger partial charge is 0.418 e. The number of hydrogen-bond acceptors (Lipinski definition) is 6. The van der Waals surface area contributed by atoms with E-state index in [4.69, 9.17) is 0 Å². The molecule has 2 N–H and O–H groups in total. The first kappa shape index (κ1) is 21.3. The molecular weight excluding hydrogens is 459 g/mol. The summed E-state index contributed by atoms with van der Waals surface area (Å²) in [6, 6.07) is 3.25. The molecule has 3 amide bonds. The molecule has 1 saturated heterocycles. The molecule has 0 spiro atoms. The maximum atomic E-state index is 13.1. The number of fused-ring (bicyclic) bond motifs is 1. The van der Waals surface area contributed by atoms with E-state index in [0.29, 0.717) is 16.7 Å². The maximum absolute atomic E-state index is 13.1. The van der Waals surface area contributed by atoms with Gasteiger partial charge in [-0.15, -0.1) is 0 Å². The first-order chi connectivity index (χ1) is 14.5. The fraction of sp³-hybridized carbons (Fsp3) is 0.278. The predicted molar refractivity (Wildman–Crippen MR) is 103 cm³/mol. The molecule has 1 atom stereocenters. The summed E-state index contributed by atoms with van der Waals surface area (Å²) in [7, 11) is -4.60. The summed E-state index contributed by atoms with van der Waals surface area (Å²) in [6.45, 7) is -0.130. The Balaban J connectivity index is 1.65. The molecule has 4 rings (SSSR count). The predicted octanol–water partition coefficient (Wildman–Crippen LogP) is 2.33. The number of carbonyl (C=O) groups is 3. The van der Waals surface area contributed by atoms with Crippen molar-refractivity contribution < 1.29 is 36.0 Å². The molecule has 3 heterocycles. The second-order valence-corrected chi connectivity index (χ2v) is 9.38. The Hall–Kier alpha value is -2.93. The number of amides is 3. The number of nitrogens with zero attached hydrogens (tertiary/aromatic N) is 1. The number of anilines is 1. The van der Waals surface area contributed by atoms with Gasteiger partial charge in [0.2, 0.25) is 11.8 Å². The molecule has 2 aliphatic rings. The van der Waals surface area contributed by atoms with E-state index in [1.807, 2.05) is 0 Å². The van der Waals surface area contributed by atoms with Crippen molar-refractivity contribution in [3.05, 3.63) is 45.6 Å². The number of nitrogens with one attached hydrogen (secondary N) is 2. The topological polar surface area (TPSA) is 113 Å². The zero-order valence-corrected chi connectivity index (χ0v) is 17.2. The molecule has 0 saturated carbocycles. The normalized spacial score (nSPS) is 19.4. The number of benzene rings is 1. The summed E-state index contributed by atoms with van der Waals surface area (Å²) < 4.78 is 66.9. The van der Waals surface area contributed by atoms with Crippen LogP contribution in [0.3, 0.4) is 0 Å². The summed E-state index contributed by atoms with van der Waals surface area (Å²) in [5, 5.41) is 3.75. The Kier molecular flexibility index (Phi) is 5.04. The van der Waals surface area contributed by atoms with Crippen LogP contribution in [0.15, 0.2) is 33.9 Å². The second kappa shape index (κ2) is 7.34. The molecule has 31 heavy (non-hydrogen) atoms. The Morgan fingerprint density at radius 1 is 1.16 bits per heavy atom. The third kappa shape index (κ3) is 3.78. The molecule has 1 aromatic heterocycles. The van der Waals surface area contributed by atoms with Crippen LogP contribution in [-0.2, 0) is 32.3 Å².